The maximum absolute atomic E-state index is 14.4. The fraction of sp³-hybridized carbons (Fsp3) is 0.606. The molecule has 3 heterocycles. The molecule has 5 atom stereocenters. The lowest BCUT2D eigenvalue weighted by Gasteiger charge is -2.39. The molecule has 4 rings (SSSR count). The predicted octanol–water partition coefficient (Wildman–Crippen LogP) is 4.66. The summed E-state index contributed by atoms with van der Waals surface area (Å²) in [5.74, 6) is -1.15. The van der Waals surface area contributed by atoms with Gasteiger partial charge in [0.25, 0.3) is 0 Å². The number of benzene rings is 1. The summed E-state index contributed by atoms with van der Waals surface area (Å²) in [6.07, 6.45) is 8.27. The Bertz CT molecular complexity index is 1130. The van der Waals surface area contributed by atoms with E-state index in [4.69, 9.17) is 0 Å². The van der Waals surface area contributed by atoms with Gasteiger partial charge in [-0.1, -0.05) is 55.3 Å². The van der Waals surface area contributed by atoms with Crippen molar-refractivity contribution < 1.29 is 19.5 Å². The van der Waals surface area contributed by atoms with Gasteiger partial charge in [-0.3, -0.25) is 14.4 Å². The van der Waals surface area contributed by atoms with Crippen molar-refractivity contribution in [2.45, 2.75) is 87.4 Å². The molecule has 3 fully saturated rings. The maximum Gasteiger partial charge on any atom is 0.247 e. The van der Waals surface area contributed by atoms with Crippen molar-refractivity contribution in [3.63, 3.8) is 0 Å². The van der Waals surface area contributed by atoms with Crippen LogP contribution in [0.2, 0.25) is 0 Å². The molecule has 3 amide bonds. The van der Waals surface area contributed by atoms with E-state index in [0.717, 1.165) is 44.1 Å². The highest BCUT2D eigenvalue weighted by molar-refractivity contribution is 8.02. The third kappa shape index (κ3) is 5.87. The fourth-order valence-corrected chi connectivity index (χ4v) is 9.65. The molecular weight excluding hydrogens is 534 g/mol. The standard InChI is InChI=1S/C33H47N3O4S/c1-6-19-34(23-25-15-11-10-12-16-25)29(38)26-27-30(39)36(21-13-8-9-14-22-37)28(31(40)35(20-7-2)24(3)4)33(27)18-17-32(26,5)41-33/h6-7,10-12,15-16,24,26-28,37H,1-2,8-9,13-14,17-23H2,3-5H3/t26-,27+,28?,32+,33?/m1/s1. The van der Waals surface area contributed by atoms with Crippen molar-refractivity contribution in [3.8, 4) is 0 Å². The molecule has 1 spiro atoms. The van der Waals surface area contributed by atoms with Gasteiger partial charge in [-0.15, -0.1) is 24.9 Å². The van der Waals surface area contributed by atoms with Crippen LogP contribution >= 0.6 is 11.8 Å². The van der Waals surface area contributed by atoms with Crippen molar-refractivity contribution in [2.75, 3.05) is 26.2 Å². The Hall–Kier alpha value is -2.58. The normalized spacial score (nSPS) is 28.2. The van der Waals surface area contributed by atoms with Crippen LogP contribution in [0.1, 0.15) is 64.9 Å². The first kappa shape index (κ1) is 31.4. The van der Waals surface area contributed by atoms with E-state index < -0.39 is 27.4 Å². The average molecular weight is 582 g/mol. The number of hydrogen-bond donors (Lipinski definition) is 1. The van der Waals surface area contributed by atoms with Crippen LogP contribution in [0.15, 0.2) is 55.6 Å². The lowest BCUT2D eigenvalue weighted by molar-refractivity contribution is -0.146. The van der Waals surface area contributed by atoms with Crippen LogP contribution in [0.5, 0.6) is 0 Å². The second kappa shape index (κ2) is 13.2. The highest BCUT2D eigenvalue weighted by atomic mass is 32.2. The summed E-state index contributed by atoms with van der Waals surface area (Å²) in [7, 11) is 0. The Balaban J connectivity index is 1.70. The third-order valence-electron chi connectivity index (χ3n) is 9.19. The quantitative estimate of drug-likeness (QED) is 0.241. The van der Waals surface area contributed by atoms with Crippen molar-refractivity contribution in [1.29, 1.82) is 0 Å². The number of amides is 3. The molecule has 1 aromatic rings. The summed E-state index contributed by atoms with van der Waals surface area (Å²) in [6.45, 7) is 15.8. The van der Waals surface area contributed by atoms with E-state index in [-0.39, 0.29) is 30.4 Å². The second-order valence-corrected chi connectivity index (χ2v) is 14.2. The molecule has 3 aliphatic rings. The summed E-state index contributed by atoms with van der Waals surface area (Å²) < 4.78 is -1.05. The Labute approximate surface area is 250 Å². The molecule has 0 saturated carbocycles. The van der Waals surface area contributed by atoms with Gasteiger partial charge in [0.05, 0.1) is 16.6 Å². The van der Waals surface area contributed by atoms with Crippen LogP contribution in [-0.4, -0.2) is 85.3 Å². The summed E-state index contributed by atoms with van der Waals surface area (Å²) in [5.41, 5.74) is 1.03. The number of hydrogen-bond acceptors (Lipinski definition) is 5. The highest BCUT2D eigenvalue weighted by Crippen LogP contribution is 2.71. The SMILES string of the molecule is C=CCN(Cc1ccccc1)C(=O)[C@H]1[C@H]2C(=O)N(CCCCCCO)C(C(=O)N(CC=C)C(C)C)C23CC[C@]1(C)S3. The largest absolute Gasteiger partial charge is 0.396 e. The Kier molecular flexibility index (Phi) is 10.1. The molecule has 3 saturated heterocycles. The monoisotopic (exact) mass is 581 g/mol. The zero-order valence-corrected chi connectivity index (χ0v) is 25.8. The van der Waals surface area contributed by atoms with E-state index in [9.17, 15) is 19.5 Å². The zero-order valence-electron chi connectivity index (χ0n) is 25.0. The number of aliphatic hydroxyl groups excluding tert-OH is 1. The Morgan fingerprint density at radius 2 is 1.76 bits per heavy atom. The molecule has 7 nitrogen and oxygen atoms in total. The predicted molar refractivity (Wildman–Crippen MR) is 165 cm³/mol. The van der Waals surface area contributed by atoms with Gasteiger partial charge < -0.3 is 19.8 Å². The number of thioether (sulfide) groups is 1. The highest BCUT2D eigenvalue weighted by Gasteiger charge is 2.77. The van der Waals surface area contributed by atoms with Gasteiger partial charge in [-0.2, -0.15) is 0 Å². The summed E-state index contributed by atoms with van der Waals surface area (Å²) in [4.78, 5) is 48.7. The molecule has 0 aliphatic carbocycles. The zero-order chi connectivity index (χ0) is 29.8. The minimum absolute atomic E-state index is 0.0218. The van der Waals surface area contributed by atoms with E-state index in [1.54, 1.807) is 23.9 Å². The molecule has 0 aromatic heterocycles. The molecule has 1 N–H and O–H groups in total. The van der Waals surface area contributed by atoms with Gasteiger partial charge >= 0.3 is 0 Å². The van der Waals surface area contributed by atoms with Crippen molar-refractivity contribution in [3.05, 3.63) is 61.2 Å². The summed E-state index contributed by atoms with van der Waals surface area (Å²) in [5, 5.41) is 9.19. The van der Waals surface area contributed by atoms with Crippen LogP contribution in [-0.2, 0) is 20.9 Å². The molecule has 2 unspecified atom stereocenters. The topological polar surface area (TPSA) is 81.2 Å². The Morgan fingerprint density at radius 3 is 2.39 bits per heavy atom. The number of carbonyl (C=O) groups is 3. The minimum Gasteiger partial charge on any atom is -0.396 e. The molecule has 224 valence electrons. The van der Waals surface area contributed by atoms with E-state index in [1.165, 1.54) is 0 Å². The number of fused-ring (bicyclic) bond motifs is 1. The molecule has 1 aromatic carbocycles. The second-order valence-electron chi connectivity index (χ2n) is 12.3. The molecule has 8 heteroatoms. The average Bonchev–Trinajstić information content (AvgIpc) is 3.51. The summed E-state index contributed by atoms with van der Waals surface area (Å²) in [6, 6.07) is 9.27. The van der Waals surface area contributed by atoms with Crippen molar-refractivity contribution in [2.24, 2.45) is 11.8 Å². The van der Waals surface area contributed by atoms with E-state index >= 15 is 0 Å². The third-order valence-corrected chi connectivity index (χ3v) is 11.2. The van der Waals surface area contributed by atoms with Crippen LogP contribution < -0.4 is 0 Å². The van der Waals surface area contributed by atoms with Gasteiger partial charge in [0.2, 0.25) is 17.7 Å². The first-order valence-electron chi connectivity index (χ1n) is 15.1. The van der Waals surface area contributed by atoms with Gasteiger partial charge in [-0.25, -0.2) is 0 Å². The van der Waals surface area contributed by atoms with Crippen molar-refractivity contribution in [1.82, 2.24) is 14.7 Å². The molecule has 41 heavy (non-hydrogen) atoms. The number of rotatable bonds is 15. The number of nitrogens with zero attached hydrogens (tertiary/aromatic N) is 3. The van der Waals surface area contributed by atoms with Crippen LogP contribution in [0.25, 0.3) is 0 Å². The lowest BCUT2D eigenvalue weighted by atomic mass is 9.66. The van der Waals surface area contributed by atoms with Crippen LogP contribution in [0.4, 0.5) is 0 Å². The van der Waals surface area contributed by atoms with Gasteiger partial charge in [0.15, 0.2) is 0 Å². The molecular formula is C33H47N3O4S. The fourth-order valence-electron chi connectivity index (χ4n) is 7.31. The van der Waals surface area contributed by atoms with E-state index in [2.05, 4.69) is 20.1 Å². The van der Waals surface area contributed by atoms with Gasteiger partial charge in [0, 0.05) is 43.6 Å². The number of carbonyl (C=O) groups excluding carboxylic acids is 3. The number of unbranched alkanes of at least 4 members (excludes halogenated alkanes) is 3. The Morgan fingerprint density at radius 1 is 1.07 bits per heavy atom. The number of aliphatic hydroxyl groups is 1. The van der Waals surface area contributed by atoms with Gasteiger partial charge in [0.1, 0.15) is 6.04 Å². The molecule has 2 bridgehead atoms. The smallest absolute Gasteiger partial charge is 0.247 e. The first-order chi connectivity index (χ1) is 19.6. The lowest BCUT2D eigenvalue weighted by Crippen LogP contribution is -2.56. The summed E-state index contributed by atoms with van der Waals surface area (Å²) >= 11 is 1.73. The molecule has 3 aliphatic heterocycles. The van der Waals surface area contributed by atoms with Gasteiger partial charge in [-0.05, 0) is 52.0 Å². The first-order valence-corrected chi connectivity index (χ1v) is 15.9. The van der Waals surface area contributed by atoms with E-state index in [0.29, 0.717) is 26.2 Å². The number of likely N-dealkylation sites (tertiary alicyclic amines) is 1. The molecule has 0 radical (unpaired) electrons. The van der Waals surface area contributed by atoms with Crippen LogP contribution in [0.3, 0.4) is 0 Å². The minimum atomic E-state index is -0.630. The van der Waals surface area contributed by atoms with Crippen LogP contribution in [0, 0.1) is 11.8 Å². The van der Waals surface area contributed by atoms with E-state index in [1.807, 2.05) is 58.9 Å². The maximum atomic E-state index is 14.4. The van der Waals surface area contributed by atoms with Crippen molar-refractivity contribution >= 4 is 29.5 Å².